The molecule has 5 heavy (non-hydrogen) atoms. The Hall–Kier alpha value is 0.799. The first-order valence-electron chi connectivity index (χ1n) is 2.00. The van der Waals surface area contributed by atoms with Crippen molar-refractivity contribution in [1.82, 2.24) is 0 Å². The van der Waals surface area contributed by atoms with Gasteiger partial charge in [0, 0.05) is 0 Å². The fourth-order valence-electron chi connectivity index (χ4n) is 0.197. The molecule has 1 heteroatoms. The van der Waals surface area contributed by atoms with E-state index in [1.807, 2.05) is 0 Å². The molecule has 0 amide bonds. The van der Waals surface area contributed by atoms with Crippen molar-refractivity contribution in [3.63, 3.8) is 0 Å². The van der Waals surface area contributed by atoms with Crippen molar-refractivity contribution >= 4 is 22.5 Å². The molecule has 0 aliphatic heterocycles. The van der Waals surface area contributed by atoms with Crippen molar-refractivity contribution in [2.24, 2.45) is 0 Å². The standard InChI is InChI=1S/C4H7.Sn.H/c1-4-2-3-4;;/h2-3H2,1H3;;. The molecular weight excluding hydrogens is 167 g/mol. The van der Waals surface area contributed by atoms with E-state index < -0.39 is 0 Å². The first kappa shape index (κ1) is 3.97. The van der Waals surface area contributed by atoms with E-state index in [1.165, 1.54) is 35.4 Å². The second-order valence-corrected chi connectivity index (χ2v) is 6.13. The molecule has 2 radical (unpaired) electrons. The molecule has 0 heterocycles. The summed E-state index contributed by atoms with van der Waals surface area (Å²) in [6, 6.07) is 0. The van der Waals surface area contributed by atoms with Crippen LogP contribution in [0.25, 0.3) is 0 Å². The molecule has 0 nitrogen and oxygen atoms in total. The zero-order valence-electron chi connectivity index (χ0n) is 3.49. The van der Waals surface area contributed by atoms with Gasteiger partial charge in [-0.3, -0.25) is 0 Å². The third-order valence-corrected chi connectivity index (χ3v) is 2.69. The van der Waals surface area contributed by atoms with E-state index in [0.717, 1.165) is 3.43 Å². The van der Waals surface area contributed by atoms with Crippen molar-refractivity contribution < 1.29 is 0 Å². The summed E-state index contributed by atoms with van der Waals surface area (Å²) in [5.41, 5.74) is 0. The van der Waals surface area contributed by atoms with Crippen LogP contribution in [-0.2, 0) is 0 Å². The predicted molar refractivity (Wildman–Crippen MR) is 24.7 cm³/mol. The molecule has 28 valence electrons. The van der Waals surface area contributed by atoms with Gasteiger partial charge in [0.05, 0.1) is 0 Å². The Labute approximate surface area is 46.0 Å². The second kappa shape index (κ2) is 0.894. The Bertz CT molecular complexity index is 41.6. The SMILES string of the molecule is C[C]1([SnH])CC1. The third-order valence-electron chi connectivity index (χ3n) is 1.04. The molecule has 1 saturated carbocycles. The topological polar surface area (TPSA) is 0 Å². The number of hydrogen-bond acceptors (Lipinski definition) is 0. The van der Waals surface area contributed by atoms with E-state index >= 15 is 0 Å². The monoisotopic (exact) mass is 176 g/mol. The molecule has 0 N–H and O–H groups in total. The van der Waals surface area contributed by atoms with E-state index in [-0.39, 0.29) is 0 Å². The number of rotatable bonds is 0. The first-order valence-corrected chi connectivity index (χ1v) is 3.64. The Morgan fingerprint density at radius 1 is 1.60 bits per heavy atom. The van der Waals surface area contributed by atoms with Crippen molar-refractivity contribution in [3.8, 4) is 0 Å². The normalized spacial score (nSPS) is 30.0. The van der Waals surface area contributed by atoms with Crippen LogP contribution in [0.15, 0.2) is 0 Å². The molecule has 1 aliphatic carbocycles. The fraction of sp³-hybridized carbons (Fsp3) is 1.00. The molecule has 0 unspecified atom stereocenters. The van der Waals surface area contributed by atoms with Gasteiger partial charge in [-0.15, -0.1) is 0 Å². The summed E-state index contributed by atoms with van der Waals surface area (Å²) >= 11 is 1.48. The minimum atomic E-state index is 0.880. The van der Waals surface area contributed by atoms with Crippen molar-refractivity contribution in [3.05, 3.63) is 0 Å². The van der Waals surface area contributed by atoms with E-state index in [1.54, 1.807) is 0 Å². The first-order chi connectivity index (χ1) is 2.21. The predicted octanol–water partition coefficient (Wildman–Crippen LogP) is 0.860. The Kier molecular flexibility index (Phi) is 0.710. The van der Waals surface area contributed by atoms with Gasteiger partial charge in [-0.2, -0.15) is 0 Å². The third kappa shape index (κ3) is 1.12. The van der Waals surface area contributed by atoms with Crippen LogP contribution in [0.1, 0.15) is 19.8 Å². The Balaban J connectivity index is 2.38. The van der Waals surface area contributed by atoms with Crippen LogP contribution in [0.2, 0.25) is 3.43 Å². The average molecular weight is 175 g/mol. The van der Waals surface area contributed by atoms with Gasteiger partial charge in [-0.05, 0) is 0 Å². The van der Waals surface area contributed by atoms with E-state index in [0.29, 0.717) is 0 Å². The summed E-state index contributed by atoms with van der Waals surface area (Å²) in [4.78, 5) is 0. The van der Waals surface area contributed by atoms with Gasteiger partial charge in [-0.25, -0.2) is 0 Å². The van der Waals surface area contributed by atoms with Gasteiger partial charge in [0.2, 0.25) is 0 Å². The van der Waals surface area contributed by atoms with Gasteiger partial charge in [0.15, 0.2) is 0 Å². The second-order valence-electron chi connectivity index (χ2n) is 2.15. The van der Waals surface area contributed by atoms with Gasteiger partial charge in [0.1, 0.15) is 0 Å². The summed E-state index contributed by atoms with van der Waals surface area (Å²) in [7, 11) is 0. The molecule has 1 aliphatic rings. The molecule has 1 rings (SSSR count). The summed E-state index contributed by atoms with van der Waals surface area (Å²) < 4.78 is 0.880. The molecule has 0 aromatic carbocycles. The molecule has 0 atom stereocenters. The van der Waals surface area contributed by atoms with Crippen LogP contribution >= 0.6 is 0 Å². The van der Waals surface area contributed by atoms with Crippen molar-refractivity contribution in [1.29, 1.82) is 0 Å². The zero-order valence-corrected chi connectivity index (χ0v) is 6.79. The van der Waals surface area contributed by atoms with Crippen LogP contribution < -0.4 is 0 Å². The molecule has 1 fully saturated rings. The Morgan fingerprint density at radius 3 is 1.80 bits per heavy atom. The van der Waals surface area contributed by atoms with E-state index in [4.69, 9.17) is 0 Å². The van der Waals surface area contributed by atoms with Crippen LogP contribution in [0.3, 0.4) is 0 Å². The van der Waals surface area contributed by atoms with Crippen LogP contribution in [0, 0.1) is 0 Å². The Morgan fingerprint density at radius 2 is 1.80 bits per heavy atom. The summed E-state index contributed by atoms with van der Waals surface area (Å²) in [5, 5.41) is 0. The summed E-state index contributed by atoms with van der Waals surface area (Å²) in [6.07, 6.45) is 3.02. The molecule has 0 bridgehead atoms. The fourth-order valence-corrected chi connectivity index (χ4v) is 0.609. The van der Waals surface area contributed by atoms with Gasteiger partial charge in [0.25, 0.3) is 0 Å². The molecular formula is C4H8Sn. The minimum absolute atomic E-state index is 0.880. The van der Waals surface area contributed by atoms with Crippen LogP contribution in [-0.4, -0.2) is 22.5 Å². The van der Waals surface area contributed by atoms with Gasteiger partial charge in [-0.1, -0.05) is 0 Å². The van der Waals surface area contributed by atoms with Crippen molar-refractivity contribution in [2.45, 2.75) is 23.2 Å². The molecule has 0 aromatic rings. The maximum absolute atomic E-state index is 2.36. The van der Waals surface area contributed by atoms with Crippen LogP contribution in [0.4, 0.5) is 0 Å². The quantitative estimate of drug-likeness (QED) is 0.478. The maximum atomic E-state index is 2.36. The zero-order chi connectivity index (χ0) is 3.91. The van der Waals surface area contributed by atoms with Crippen molar-refractivity contribution in [2.75, 3.05) is 0 Å². The van der Waals surface area contributed by atoms with E-state index in [9.17, 15) is 0 Å². The van der Waals surface area contributed by atoms with Crippen LogP contribution in [0.5, 0.6) is 0 Å². The molecule has 0 aromatic heterocycles. The van der Waals surface area contributed by atoms with E-state index in [2.05, 4.69) is 6.92 Å². The summed E-state index contributed by atoms with van der Waals surface area (Å²) in [5.74, 6) is 0. The van der Waals surface area contributed by atoms with Gasteiger partial charge >= 0.3 is 45.7 Å². The average Bonchev–Trinajstić information content (AvgIpc) is 1.76. The summed E-state index contributed by atoms with van der Waals surface area (Å²) in [6.45, 7) is 2.36. The number of hydrogen-bond donors (Lipinski definition) is 0. The van der Waals surface area contributed by atoms with Gasteiger partial charge < -0.3 is 0 Å². The molecule has 0 saturated heterocycles. The molecule has 0 spiro atoms.